The average Bonchev–Trinajstić information content (AvgIpc) is 3.14. The van der Waals surface area contributed by atoms with Gasteiger partial charge in [-0.25, -0.2) is 19.4 Å². The Labute approximate surface area is 182 Å². The van der Waals surface area contributed by atoms with Crippen LogP contribution in [0.5, 0.6) is 0 Å². The molecule has 7 N–H and O–H groups in total. The topological polar surface area (TPSA) is 214 Å². The molecule has 1 aromatic heterocycles. The first-order valence-corrected chi connectivity index (χ1v) is 10.2. The number of thioether (sulfide) groups is 1. The number of amides is 1. The van der Waals surface area contributed by atoms with Crippen LogP contribution in [0.3, 0.4) is 0 Å². The third-order valence-corrected chi connectivity index (χ3v) is 5.57. The number of hydrogen-bond acceptors (Lipinski definition) is 11. The number of carbonyl (C=O) groups is 4. The number of hydrogen-bond donors (Lipinski definition) is 6. The van der Waals surface area contributed by atoms with Crippen molar-refractivity contribution in [3.8, 4) is 0 Å². The van der Waals surface area contributed by atoms with Gasteiger partial charge in [0.05, 0.1) is 0 Å². The zero-order valence-corrected chi connectivity index (χ0v) is 17.2. The van der Waals surface area contributed by atoms with Crippen molar-refractivity contribution in [3.63, 3.8) is 0 Å². The van der Waals surface area contributed by atoms with Crippen LogP contribution in [0.4, 0.5) is 5.13 Å². The van der Waals surface area contributed by atoms with Gasteiger partial charge in [-0.15, -0.1) is 23.1 Å². The van der Waals surface area contributed by atoms with Crippen molar-refractivity contribution in [3.05, 3.63) is 35.0 Å². The van der Waals surface area contributed by atoms with Crippen molar-refractivity contribution in [2.45, 2.75) is 11.4 Å². The summed E-state index contributed by atoms with van der Waals surface area (Å²) in [5.74, 6) is -5.00. The zero-order valence-electron chi connectivity index (χ0n) is 15.6. The van der Waals surface area contributed by atoms with Gasteiger partial charge in [-0.05, 0) is 5.57 Å². The molecule has 1 aliphatic heterocycles. The molecule has 0 saturated heterocycles. The summed E-state index contributed by atoms with van der Waals surface area (Å²) in [4.78, 5) is 55.0. The molecule has 1 aliphatic rings. The summed E-state index contributed by atoms with van der Waals surface area (Å²) in [6, 6.07) is -1.58. The minimum absolute atomic E-state index is 0.0566. The van der Waals surface area contributed by atoms with Gasteiger partial charge in [-0.3, -0.25) is 4.79 Å². The Hall–Kier alpha value is -3.59. The first-order chi connectivity index (χ1) is 14.6. The number of nitrogens with zero attached hydrogens (tertiary/aromatic N) is 2. The number of oxime groups is 1. The van der Waals surface area contributed by atoms with E-state index in [1.165, 1.54) is 11.5 Å². The van der Waals surface area contributed by atoms with Crippen LogP contribution in [0.15, 0.2) is 34.5 Å². The normalized spacial score (nSPS) is 17.3. The summed E-state index contributed by atoms with van der Waals surface area (Å²) in [5.41, 5.74) is 5.12. The smallest absolute Gasteiger partial charge is 0.352 e. The zero-order chi connectivity index (χ0) is 23.1. The van der Waals surface area contributed by atoms with Crippen molar-refractivity contribution >= 4 is 57.8 Å². The maximum absolute atomic E-state index is 12.7. The number of thiazole rings is 1. The number of nitrogens with two attached hydrogens (primary N) is 1. The number of carbonyl (C=O) groups excluding carboxylic acids is 1. The van der Waals surface area contributed by atoms with Crippen molar-refractivity contribution < 1.29 is 39.3 Å². The monoisotopic (exact) mass is 471 g/mol. The predicted molar refractivity (Wildman–Crippen MR) is 110 cm³/mol. The van der Waals surface area contributed by atoms with Gasteiger partial charge < -0.3 is 36.5 Å². The van der Waals surface area contributed by atoms with Crippen molar-refractivity contribution in [1.82, 2.24) is 15.6 Å². The van der Waals surface area contributed by atoms with Crippen LogP contribution >= 0.6 is 23.1 Å². The highest BCUT2D eigenvalue weighted by atomic mass is 32.2. The molecule has 0 spiro atoms. The lowest BCUT2D eigenvalue weighted by Gasteiger charge is -2.30. The molecule has 1 amide bonds. The van der Waals surface area contributed by atoms with Crippen LogP contribution in [0, 0.1) is 0 Å². The van der Waals surface area contributed by atoms with E-state index in [2.05, 4.69) is 32.2 Å². The number of rotatable bonds is 10. The standard InChI is InChI=1S/C16H17N5O8S2/c1-2-6-4-30-13(20-9(6)14(25)26)11(15(27)28)19-12(24)10(21-29-3-8(22)23)7-5-31-16(17)18-7/h2,5,11,13,20H,1,3-4H2,(H2,17,18)(H,19,24)(H,22,23)(H,25,26)(H,27,28)/b21-10+/t11-,13+/m0/s1. The van der Waals surface area contributed by atoms with E-state index in [4.69, 9.17) is 10.8 Å². The second-order valence-electron chi connectivity index (χ2n) is 5.75. The van der Waals surface area contributed by atoms with Crippen LogP contribution < -0.4 is 16.4 Å². The van der Waals surface area contributed by atoms with Crippen molar-refractivity contribution in [2.75, 3.05) is 18.1 Å². The summed E-state index contributed by atoms with van der Waals surface area (Å²) in [6.07, 6.45) is 1.34. The van der Waals surface area contributed by atoms with Gasteiger partial charge in [-0.2, -0.15) is 0 Å². The van der Waals surface area contributed by atoms with E-state index in [0.717, 1.165) is 23.1 Å². The van der Waals surface area contributed by atoms with Gasteiger partial charge in [0.1, 0.15) is 16.8 Å². The van der Waals surface area contributed by atoms with Crippen LogP contribution in [0.25, 0.3) is 0 Å². The Bertz CT molecular complexity index is 973. The van der Waals surface area contributed by atoms with Crippen molar-refractivity contribution in [2.24, 2.45) is 5.16 Å². The molecule has 0 unspecified atom stereocenters. The van der Waals surface area contributed by atoms with E-state index >= 15 is 0 Å². The lowest BCUT2D eigenvalue weighted by molar-refractivity contribution is -0.142. The minimum atomic E-state index is -1.58. The van der Waals surface area contributed by atoms with Crippen molar-refractivity contribution in [1.29, 1.82) is 0 Å². The maximum atomic E-state index is 12.7. The molecule has 0 bridgehead atoms. The summed E-state index contributed by atoms with van der Waals surface area (Å²) in [6.45, 7) is 2.67. The van der Waals surface area contributed by atoms with Crippen LogP contribution in [-0.2, 0) is 24.0 Å². The van der Waals surface area contributed by atoms with Gasteiger partial charge in [0.2, 0.25) is 6.61 Å². The fraction of sp³-hybridized carbons (Fsp3) is 0.250. The predicted octanol–water partition coefficient (Wildman–Crippen LogP) is -0.713. The fourth-order valence-electron chi connectivity index (χ4n) is 2.30. The number of nitrogens with one attached hydrogen (secondary N) is 2. The highest BCUT2D eigenvalue weighted by Gasteiger charge is 2.36. The molecule has 2 rings (SSSR count). The molecule has 0 fully saturated rings. The molecule has 0 saturated carbocycles. The Balaban J connectivity index is 2.27. The van der Waals surface area contributed by atoms with Crippen LogP contribution in [-0.4, -0.2) is 73.6 Å². The first-order valence-electron chi connectivity index (χ1n) is 8.27. The molecule has 1 aromatic rings. The van der Waals surface area contributed by atoms with E-state index in [-0.39, 0.29) is 22.3 Å². The molecular weight excluding hydrogens is 454 g/mol. The molecular formula is C16H17N5O8S2. The van der Waals surface area contributed by atoms with E-state index in [1.807, 2.05) is 0 Å². The van der Waals surface area contributed by atoms with Gasteiger partial charge in [0.15, 0.2) is 16.9 Å². The lowest BCUT2D eigenvalue weighted by Crippen LogP contribution is -2.55. The Morgan fingerprint density at radius 2 is 2.13 bits per heavy atom. The Morgan fingerprint density at radius 1 is 1.42 bits per heavy atom. The van der Waals surface area contributed by atoms with E-state index in [9.17, 15) is 29.4 Å². The maximum Gasteiger partial charge on any atom is 0.352 e. The van der Waals surface area contributed by atoms with E-state index in [0.29, 0.717) is 5.57 Å². The number of carboxylic acid groups (broad SMARTS) is 3. The molecule has 15 heteroatoms. The summed E-state index contributed by atoms with van der Waals surface area (Å²) < 4.78 is 0. The number of aliphatic carboxylic acids is 3. The van der Waals surface area contributed by atoms with Gasteiger partial charge >= 0.3 is 17.9 Å². The molecule has 31 heavy (non-hydrogen) atoms. The third kappa shape index (κ3) is 6.19. The number of carboxylic acids is 3. The van der Waals surface area contributed by atoms with E-state index < -0.39 is 47.5 Å². The summed E-state index contributed by atoms with van der Waals surface area (Å²) in [5, 5.41) is 36.2. The second-order valence-corrected chi connectivity index (χ2v) is 7.77. The lowest BCUT2D eigenvalue weighted by atomic mass is 10.2. The van der Waals surface area contributed by atoms with Crippen LogP contribution in [0.1, 0.15) is 5.69 Å². The van der Waals surface area contributed by atoms with Crippen LogP contribution in [0.2, 0.25) is 0 Å². The Kier molecular flexibility index (Phi) is 7.98. The number of anilines is 1. The molecule has 0 radical (unpaired) electrons. The summed E-state index contributed by atoms with van der Waals surface area (Å²) in [7, 11) is 0. The molecule has 0 aromatic carbocycles. The summed E-state index contributed by atoms with van der Waals surface area (Å²) >= 11 is 2.02. The van der Waals surface area contributed by atoms with Gasteiger partial charge in [0.25, 0.3) is 5.91 Å². The first kappa shape index (κ1) is 23.7. The molecule has 13 nitrogen and oxygen atoms in total. The minimum Gasteiger partial charge on any atom is -0.480 e. The second kappa shape index (κ2) is 10.4. The number of nitrogen functional groups attached to an aromatic ring is 1. The van der Waals surface area contributed by atoms with Gasteiger partial charge in [-0.1, -0.05) is 17.8 Å². The third-order valence-electron chi connectivity index (χ3n) is 3.67. The highest BCUT2D eigenvalue weighted by molar-refractivity contribution is 8.00. The SMILES string of the molecule is C=CC1=C(C(=O)O)N[C@@H]([C@H](NC(=O)/C(=N/OCC(=O)O)c2csc(N)n2)C(=O)O)SC1. The highest BCUT2D eigenvalue weighted by Crippen LogP contribution is 2.25. The Morgan fingerprint density at radius 3 is 2.65 bits per heavy atom. The number of aromatic nitrogens is 1. The molecule has 166 valence electrons. The largest absolute Gasteiger partial charge is 0.480 e. The average molecular weight is 471 g/mol. The molecule has 0 aliphatic carbocycles. The van der Waals surface area contributed by atoms with E-state index in [1.54, 1.807) is 0 Å². The molecule has 2 atom stereocenters. The van der Waals surface area contributed by atoms with Gasteiger partial charge in [0, 0.05) is 11.1 Å². The fourth-order valence-corrected chi connectivity index (χ4v) is 4.04. The quantitative estimate of drug-likeness (QED) is 0.184. The molecule has 2 heterocycles. The number of allylic oxidation sites excluding steroid dienone is 1.